The molecule has 1 fully saturated rings. The van der Waals surface area contributed by atoms with Gasteiger partial charge in [-0.2, -0.15) is 0 Å². The summed E-state index contributed by atoms with van der Waals surface area (Å²) in [5, 5.41) is 7.91. The van der Waals surface area contributed by atoms with E-state index < -0.39 is 40.7 Å². The van der Waals surface area contributed by atoms with Crippen LogP contribution in [0.25, 0.3) is 10.9 Å². The first-order valence-electron chi connectivity index (χ1n) is 17.3. The molecule has 14 nitrogen and oxygen atoms in total. The van der Waals surface area contributed by atoms with Gasteiger partial charge in [0.05, 0.1) is 49.9 Å². The van der Waals surface area contributed by atoms with Crippen LogP contribution in [0.15, 0.2) is 65.5 Å². The van der Waals surface area contributed by atoms with Gasteiger partial charge < -0.3 is 34.8 Å². The van der Waals surface area contributed by atoms with Crippen molar-refractivity contribution in [2.75, 3.05) is 55.6 Å². The fourth-order valence-electron chi connectivity index (χ4n) is 6.13. The van der Waals surface area contributed by atoms with E-state index >= 15 is 0 Å². The summed E-state index contributed by atoms with van der Waals surface area (Å²) < 4.78 is 31.7. The number of fused-ring (bicyclic) bond motifs is 1. The molecule has 0 spiro atoms. The maximum Gasteiger partial charge on any atom is 0.408 e. The topological polar surface area (TPSA) is 148 Å². The Balaban J connectivity index is 1.54. The molecule has 4 amide bonds. The second kappa shape index (κ2) is 15.8. The molecule has 0 saturated carbocycles. The highest BCUT2D eigenvalue weighted by atomic mass is 35.5. The number of halogens is 2. The molecule has 1 saturated heterocycles. The maximum atomic E-state index is 14.4. The number of carbonyl (C=O) groups is 3. The van der Waals surface area contributed by atoms with Crippen molar-refractivity contribution >= 4 is 51.9 Å². The van der Waals surface area contributed by atoms with E-state index in [1.54, 1.807) is 87.8 Å². The molecule has 0 aliphatic carbocycles. The quantitative estimate of drug-likeness (QED) is 0.207. The van der Waals surface area contributed by atoms with Crippen molar-refractivity contribution < 1.29 is 33.0 Å². The molecule has 1 unspecified atom stereocenters. The predicted octanol–water partition coefficient (Wildman–Crippen LogP) is 6.09. The largest absolute Gasteiger partial charge is 0.497 e. The number of piperazine rings is 1. The molecule has 2 heterocycles. The zero-order valence-electron chi connectivity index (χ0n) is 31.5. The number of amides is 4. The zero-order chi connectivity index (χ0) is 39.5. The molecule has 2 N–H and O–H groups in total. The Morgan fingerprint density at radius 3 is 2.20 bits per heavy atom. The molecule has 0 bridgehead atoms. The molecule has 1 aliphatic rings. The van der Waals surface area contributed by atoms with Crippen molar-refractivity contribution in [2.24, 2.45) is 0 Å². The van der Waals surface area contributed by atoms with E-state index in [1.807, 2.05) is 0 Å². The summed E-state index contributed by atoms with van der Waals surface area (Å²) in [6, 6.07) is 13.4. The number of ether oxygens (including phenoxy) is 3. The molecule has 1 aliphatic heterocycles. The molecule has 5 rings (SSSR count). The lowest BCUT2D eigenvalue weighted by atomic mass is 10.0. The number of carbonyl (C=O) groups excluding carboxylic acids is 3. The van der Waals surface area contributed by atoms with Crippen LogP contribution in [0, 0.1) is 5.82 Å². The van der Waals surface area contributed by atoms with Crippen LogP contribution in [0.4, 0.5) is 25.4 Å². The molecule has 0 radical (unpaired) electrons. The monoisotopic (exact) mass is 765 g/mol. The van der Waals surface area contributed by atoms with Crippen molar-refractivity contribution in [1.29, 1.82) is 0 Å². The smallest absolute Gasteiger partial charge is 0.408 e. The number of hydrogen-bond donors (Lipinski definition) is 2. The second-order valence-corrected chi connectivity index (χ2v) is 14.7. The van der Waals surface area contributed by atoms with Crippen LogP contribution in [0.2, 0.25) is 5.02 Å². The summed E-state index contributed by atoms with van der Waals surface area (Å²) >= 11 is 6.35. The summed E-state index contributed by atoms with van der Waals surface area (Å²) in [6.07, 6.45) is -0.714. The minimum absolute atomic E-state index is 0.189. The highest BCUT2D eigenvalue weighted by Gasteiger charge is 2.38. The van der Waals surface area contributed by atoms with Crippen LogP contribution >= 0.6 is 11.6 Å². The van der Waals surface area contributed by atoms with Gasteiger partial charge in [-0.05, 0) is 96.1 Å². The third kappa shape index (κ3) is 8.79. The van der Waals surface area contributed by atoms with Crippen molar-refractivity contribution in [1.82, 2.24) is 19.9 Å². The lowest BCUT2D eigenvalue weighted by molar-refractivity contribution is -0.137. The van der Waals surface area contributed by atoms with Gasteiger partial charge in [0.2, 0.25) is 5.91 Å². The molecule has 3 aromatic carbocycles. The number of aromatic nitrogens is 2. The Hall–Kier alpha value is -5.57. The van der Waals surface area contributed by atoms with Crippen LogP contribution < -0.4 is 35.6 Å². The van der Waals surface area contributed by atoms with Crippen molar-refractivity contribution in [3.8, 4) is 11.5 Å². The van der Waals surface area contributed by atoms with E-state index in [2.05, 4.69) is 10.6 Å². The third-order valence-electron chi connectivity index (χ3n) is 8.73. The molecule has 54 heavy (non-hydrogen) atoms. The van der Waals surface area contributed by atoms with E-state index in [4.69, 9.17) is 30.8 Å². The summed E-state index contributed by atoms with van der Waals surface area (Å²) in [6.45, 7) is 11.0. The summed E-state index contributed by atoms with van der Waals surface area (Å²) in [5.74, 6) is 0.171. The molecule has 1 atom stereocenters. The van der Waals surface area contributed by atoms with Crippen molar-refractivity contribution in [3.63, 3.8) is 0 Å². The van der Waals surface area contributed by atoms with Crippen LogP contribution in [0.1, 0.15) is 53.4 Å². The number of anilines is 2. The molecular weight excluding hydrogens is 721 g/mol. The van der Waals surface area contributed by atoms with Gasteiger partial charge in [0.15, 0.2) is 5.82 Å². The zero-order valence-corrected chi connectivity index (χ0v) is 32.3. The average molecular weight is 766 g/mol. The van der Waals surface area contributed by atoms with E-state index in [0.29, 0.717) is 38.8 Å². The lowest BCUT2D eigenvalue weighted by Crippen LogP contribution is -2.62. The first-order valence-corrected chi connectivity index (χ1v) is 17.7. The number of hydrogen-bond acceptors (Lipinski definition) is 9. The van der Waals surface area contributed by atoms with Crippen LogP contribution in [-0.4, -0.2) is 84.1 Å². The highest BCUT2D eigenvalue weighted by molar-refractivity contribution is 6.31. The third-order valence-corrected chi connectivity index (χ3v) is 8.97. The van der Waals surface area contributed by atoms with Crippen molar-refractivity contribution in [3.05, 3.63) is 87.7 Å². The van der Waals surface area contributed by atoms with E-state index in [9.17, 15) is 23.6 Å². The minimum atomic E-state index is -1.28. The summed E-state index contributed by atoms with van der Waals surface area (Å²) in [4.78, 5) is 62.8. The summed E-state index contributed by atoms with van der Waals surface area (Å²) in [7, 11) is 2.96. The average Bonchev–Trinajstić information content (AvgIpc) is 3.11. The van der Waals surface area contributed by atoms with Gasteiger partial charge in [0.25, 0.3) is 5.56 Å². The Morgan fingerprint density at radius 1 is 0.926 bits per heavy atom. The van der Waals surface area contributed by atoms with E-state index in [0.717, 1.165) is 0 Å². The van der Waals surface area contributed by atoms with Gasteiger partial charge in [-0.3, -0.25) is 14.5 Å². The van der Waals surface area contributed by atoms with Gasteiger partial charge in [0, 0.05) is 29.9 Å². The normalized spacial score (nSPS) is 14.0. The number of alkyl carbamates (subject to hydrolysis) is 1. The van der Waals surface area contributed by atoms with Gasteiger partial charge in [-0.25, -0.2) is 23.6 Å². The molecule has 4 aromatic rings. The standard InChI is InChI=1S/C38H45ClFN7O7/c1-23(46(30-16-14-27(52-7)22-31(30)53-8)35(50)41-26-12-10-25(40)11-13-26)32-42-29-21-24(39)9-15-28(29)33(48)47(32)45-19-17-44(18-20-45)34(49)38(5,6)43-36(51)54-37(2,3)4/h9-16,21-23H,17-20H2,1-8H3,(H,41,50)(H,43,51). The number of benzene rings is 3. The van der Waals surface area contributed by atoms with Crippen molar-refractivity contribution in [2.45, 2.75) is 58.7 Å². The minimum Gasteiger partial charge on any atom is -0.497 e. The van der Waals surface area contributed by atoms with E-state index in [-0.39, 0.29) is 37.9 Å². The Morgan fingerprint density at radius 2 is 1.59 bits per heavy atom. The van der Waals surface area contributed by atoms with Gasteiger partial charge in [0.1, 0.15) is 28.5 Å². The molecule has 288 valence electrons. The SMILES string of the molecule is COc1ccc(N(C(=O)Nc2ccc(F)cc2)C(C)c2nc3cc(Cl)ccc3c(=O)n2N2CCN(C(=O)C(C)(C)NC(=O)OC(C)(C)C)CC2)c(OC)c1. The summed E-state index contributed by atoms with van der Waals surface area (Å²) in [5.41, 5.74) is -1.47. The molecule has 16 heteroatoms. The van der Waals surface area contributed by atoms with Gasteiger partial charge >= 0.3 is 12.1 Å². The number of methoxy groups -OCH3 is 2. The first kappa shape index (κ1) is 39.6. The Kier molecular flexibility index (Phi) is 11.6. The van der Waals surface area contributed by atoms with E-state index in [1.165, 1.54) is 48.1 Å². The van der Waals surface area contributed by atoms with Crippen LogP contribution in [0.5, 0.6) is 11.5 Å². The van der Waals surface area contributed by atoms with Gasteiger partial charge in [-0.15, -0.1) is 0 Å². The Labute approximate surface area is 317 Å². The molecule has 1 aromatic heterocycles. The number of nitrogens with one attached hydrogen (secondary N) is 2. The highest BCUT2D eigenvalue weighted by Crippen LogP contribution is 2.37. The van der Waals surface area contributed by atoms with Crippen LogP contribution in [-0.2, 0) is 9.53 Å². The lowest BCUT2D eigenvalue weighted by Gasteiger charge is -2.41. The fraction of sp³-hybridized carbons (Fsp3) is 0.395. The van der Waals surface area contributed by atoms with Crippen LogP contribution in [0.3, 0.4) is 0 Å². The molecular formula is C38H45ClFN7O7. The maximum absolute atomic E-state index is 14.4. The Bertz CT molecular complexity index is 2090. The first-order chi connectivity index (χ1) is 25.4. The number of rotatable bonds is 9. The number of urea groups is 1. The number of nitrogens with zero attached hydrogens (tertiary/aromatic N) is 5. The van der Waals surface area contributed by atoms with Gasteiger partial charge in [-0.1, -0.05) is 11.6 Å². The second-order valence-electron chi connectivity index (χ2n) is 14.3. The fourth-order valence-corrected chi connectivity index (χ4v) is 6.29. The predicted molar refractivity (Wildman–Crippen MR) is 205 cm³/mol.